The second-order valence-corrected chi connectivity index (χ2v) is 2.39. The Morgan fingerprint density at radius 1 is 1.86 bits per heavy atom. The van der Waals surface area contributed by atoms with Gasteiger partial charge in [-0.05, 0) is 6.42 Å². The van der Waals surface area contributed by atoms with E-state index >= 15 is 0 Å². The van der Waals surface area contributed by atoms with Gasteiger partial charge in [-0.25, -0.2) is 0 Å². The van der Waals surface area contributed by atoms with Crippen molar-refractivity contribution in [3.8, 4) is 0 Å². The van der Waals surface area contributed by atoms with Crippen LogP contribution in [0.2, 0.25) is 0 Å². The summed E-state index contributed by atoms with van der Waals surface area (Å²) in [7, 11) is 0. The van der Waals surface area contributed by atoms with Crippen molar-refractivity contribution in [2.75, 3.05) is 6.54 Å². The number of thiocarbonyl (C=S) groups is 1. The van der Waals surface area contributed by atoms with E-state index in [1.54, 1.807) is 0 Å². The van der Waals surface area contributed by atoms with E-state index in [1.165, 1.54) is 0 Å². The van der Waals surface area contributed by atoms with E-state index in [1.807, 2.05) is 0 Å². The van der Waals surface area contributed by atoms with E-state index in [-0.39, 0.29) is 0 Å². The van der Waals surface area contributed by atoms with Gasteiger partial charge in [-0.2, -0.15) is 0 Å². The molecule has 0 amide bonds. The first-order chi connectivity index (χ1) is 3.27. The molecule has 3 heteroatoms. The highest BCUT2D eigenvalue weighted by molar-refractivity contribution is 8.11. The zero-order valence-corrected chi connectivity index (χ0v) is 5.98. The molecule has 0 saturated carbocycles. The van der Waals surface area contributed by atoms with Crippen molar-refractivity contribution >= 4 is 29.2 Å². The van der Waals surface area contributed by atoms with Crippen LogP contribution in [0.4, 0.5) is 0 Å². The van der Waals surface area contributed by atoms with Gasteiger partial charge in [0.25, 0.3) is 0 Å². The van der Waals surface area contributed by atoms with Gasteiger partial charge in [0, 0.05) is 6.54 Å². The maximum Gasteiger partial charge on any atom is 0.130 e. The van der Waals surface area contributed by atoms with E-state index in [2.05, 4.69) is 37.1 Å². The van der Waals surface area contributed by atoms with Crippen LogP contribution in [-0.2, 0) is 0 Å². The summed E-state index contributed by atoms with van der Waals surface area (Å²) in [5, 5.41) is 2.89. The Kier molecular flexibility index (Phi) is 4.55. The Balaban J connectivity index is 2.82. The minimum Gasteiger partial charge on any atom is -0.371 e. The van der Waals surface area contributed by atoms with Crippen molar-refractivity contribution in [2.45, 2.75) is 13.3 Å². The Hall–Kier alpha value is 0.240. The molecule has 0 saturated heterocycles. The highest BCUT2D eigenvalue weighted by Crippen LogP contribution is 1.77. The molecule has 0 aromatic carbocycles. The molecule has 0 aliphatic heterocycles. The van der Waals surface area contributed by atoms with Gasteiger partial charge >= 0.3 is 0 Å². The molecule has 0 aromatic heterocycles. The van der Waals surface area contributed by atoms with Crippen LogP contribution in [0.1, 0.15) is 13.3 Å². The third kappa shape index (κ3) is 6.24. The summed E-state index contributed by atoms with van der Waals surface area (Å²) >= 11 is 8.47. The number of hydrogen-bond donors (Lipinski definition) is 2. The van der Waals surface area contributed by atoms with Crippen LogP contribution in [0.25, 0.3) is 0 Å². The molecule has 42 valence electrons. The van der Waals surface area contributed by atoms with E-state index in [9.17, 15) is 0 Å². The minimum atomic E-state index is 0.585. The average Bonchev–Trinajstić information content (AvgIpc) is 1.61. The predicted molar refractivity (Wildman–Crippen MR) is 39.9 cm³/mol. The van der Waals surface area contributed by atoms with E-state index < -0.39 is 0 Å². The fraction of sp³-hybridized carbons (Fsp3) is 0.750. The molecule has 0 aliphatic carbocycles. The number of thiol groups is 1. The molecule has 1 nitrogen and oxygen atoms in total. The van der Waals surface area contributed by atoms with Gasteiger partial charge in [0.2, 0.25) is 0 Å². The summed E-state index contributed by atoms with van der Waals surface area (Å²) in [4.78, 5) is 0. The molecule has 0 rings (SSSR count). The molecule has 0 atom stereocenters. The Morgan fingerprint density at radius 3 is 2.57 bits per heavy atom. The van der Waals surface area contributed by atoms with E-state index in [0.29, 0.717) is 4.32 Å². The number of nitrogens with one attached hydrogen (secondary N) is 1. The molecule has 0 heterocycles. The van der Waals surface area contributed by atoms with Crippen molar-refractivity contribution in [2.24, 2.45) is 0 Å². The summed E-state index contributed by atoms with van der Waals surface area (Å²) in [6, 6.07) is 0. The lowest BCUT2D eigenvalue weighted by Gasteiger charge is -1.95. The monoisotopic (exact) mass is 135 g/mol. The van der Waals surface area contributed by atoms with Crippen molar-refractivity contribution in [3.05, 3.63) is 0 Å². The molecule has 7 heavy (non-hydrogen) atoms. The lowest BCUT2D eigenvalue weighted by molar-refractivity contribution is 0.855. The average molecular weight is 135 g/mol. The predicted octanol–water partition coefficient (Wildman–Crippen LogP) is 1.20. The van der Waals surface area contributed by atoms with Gasteiger partial charge in [0.05, 0.1) is 0 Å². The number of rotatable bonds is 2. The lowest BCUT2D eigenvalue weighted by Crippen LogP contribution is -2.16. The summed E-state index contributed by atoms with van der Waals surface area (Å²) in [5.41, 5.74) is 0. The molecule has 1 N–H and O–H groups in total. The highest BCUT2D eigenvalue weighted by atomic mass is 32.1. The summed E-state index contributed by atoms with van der Waals surface area (Å²) in [6.07, 6.45) is 1.10. The maximum absolute atomic E-state index is 4.61. The second-order valence-electron chi connectivity index (χ2n) is 1.23. The number of hydrogen-bond acceptors (Lipinski definition) is 1. The fourth-order valence-electron chi connectivity index (χ4n) is 0.232. The van der Waals surface area contributed by atoms with E-state index in [4.69, 9.17) is 0 Å². The van der Waals surface area contributed by atoms with Crippen molar-refractivity contribution in [3.63, 3.8) is 0 Å². The first-order valence-corrected chi connectivity index (χ1v) is 3.09. The lowest BCUT2D eigenvalue weighted by atomic mass is 10.5. The molecule has 0 radical (unpaired) electrons. The first kappa shape index (κ1) is 7.24. The Bertz CT molecular complexity index is 62.7. The summed E-state index contributed by atoms with van der Waals surface area (Å²) in [5.74, 6) is 0. The quantitative estimate of drug-likeness (QED) is 0.436. The molecule has 0 bridgehead atoms. The van der Waals surface area contributed by atoms with Gasteiger partial charge in [-0.15, -0.1) is 12.6 Å². The first-order valence-electron chi connectivity index (χ1n) is 2.24. The van der Waals surface area contributed by atoms with Crippen molar-refractivity contribution < 1.29 is 0 Å². The maximum atomic E-state index is 4.61. The Labute approximate surface area is 54.9 Å². The molecule has 0 fully saturated rings. The summed E-state index contributed by atoms with van der Waals surface area (Å²) in [6.45, 7) is 3.02. The van der Waals surface area contributed by atoms with Gasteiger partial charge < -0.3 is 5.32 Å². The van der Waals surface area contributed by atoms with Gasteiger partial charge in [0.1, 0.15) is 4.32 Å². The third-order valence-corrected chi connectivity index (χ3v) is 0.829. The molecular weight excluding hydrogens is 126 g/mol. The molecule has 0 spiro atoms. The molecule has 0 aromatic rings. The van der Waals surface area contributed by atoms with Crippen LogP contribution in [0, 0.1) is 0 Å². The van der Waals surface area contributed by atoms with Crippen LogP contribution >= 0.6 is 24.8 Å². The zero-order chi connectivity index (χ0) is 5.70. The largest absolute Gasteiger partial charge is 0.371 e. The SMILES string of the molecule is CCCNC(=S)S. The standard InChI is InChI=1S/C4H9NS2/c1-2-3-5-4(6)7/h2-3H2,1H3,(H2,5,6,7). The smallest absolute Gasteiger partial charge is 0.130 e. The molecule has 0 aliphatic rings. The fourth-order valence-corrected chi connectivity index (χ4v) is 0.446. The Morgan fingerprint density at radius 2 is 2.43 bits per heavy atom. The van der Waals surface area contributed by atoms with Crippen molar-refractivity contribution in [1.82, 2.24) is 5.32 Å². The van der Waals surface area contributed by atoms with Crippen LogP contribution in [0.5, 0.6) is 0 Å². The normalized spacial score (nSPS) is 8.29. The minimum absolute atomic E-state index is 0.585. The van der Waals surface area contributed by atoms with Crippen LogP contribution < -0.4 is 5.32 Å². The zero-order valence-electron chi connectivity index (χ0n) is 4.27. The third-order valence-electron chi connectivity index (χ3n) is 0.526. The summed E-state index contributed by atoms with van der Waals surface area (Å²) < 4.78 is 0.585. The highest BCUT2D eigenvalue weighted by Gasteiger charge is 1.79. The van der Waals surface area contributed by atoms with Crippen LogP contribution in [-0.4, -0.2) is 10.9 Å². The van der Waals surface area contributed by atoms with Gasteiger partial charge in [-0.3, -0.25) is 0 Å². The van der Waals surface area contributed by atoms with E-state index in [0.717, 1.165) is 13.0 Å². The molecular formula is C4H9NS2. The molecule has 0 unspecified atom stereocenters. The van der Waals surface area contributed by atoms with Crippen molar-refractivity contribution in [1.29, 1.82) is 0 Å². The topological polar surface area (TPSA) is 12.0 Å². The van der Waals surface area contributed by atoms with Gasteiger partial charge in [-0.1, -0.05) is 19.1 Å². The van der Waals surface area contributed by atoms with Crippen LogP contribution in [0.3, 0.4) is 0 Å². The second kappa shape index (κ2) is 4.40. The van der Waals surface area contributed by atoms with Crippen LogP contribution in [0.15, 0.2) is 0 Å². The van der Waals surface area contributed by atoms with Gasteiger partial charge in [0.15, 0.2) is 0 Å².